The van der Waals surface area contributed by atoms with Crippen LogP contribution in [0.3, 0.4) is 0 Å². The van der Waals surface area contributed by atoms with Crippen molar-refractivity contribution in [2.45, 2.75) is 58.5 Å². The molecule has 0 aliphatic carbocycles. The Morgan fingerprint density at radius 2 is 1.74 bits per heavy atom. The van der Waals surface area contributed by atoms with E-state index in [1.165, 1.54) is 11.1 Å². The predicted molar refractivity (Wildman–Crippen MR) is 80.7 cm³/mol. The van der Waals surface area contributed by atoms with E-state index in [-0.39, 0.29) is 12.2 Å². The first-order valence-electron chi connectivity index (χ1n) is 7.27. The highest BCUT2D eigenvalue weighted by atomic mass is 16.5. The first-order valence-corrected chi connectivity index (χ1v) is 7.27. The van der Waals surface area contributed by atoms with Crippen LogP contribution in [0.2, 0.25) is 0 Å². The van der Waals surface area contributed by atoms with Gasteiger partial charge in [-0.25, -0.2) is 0 Å². The van der Waals surface area contributed by atoms with Crippen LogP contribution in [0.1, 0.15) is 64.0 Å². The number of hydrogen-bond acceptors (Lipinski definition) is 2. The van der Waals surface area contributed by atoms with Gasteiger partial charge in [0.15, 0.2) is 0 Å². The Bertz CT molecular complexity index is 383. The van der Waals surface area contributed by atoms with Crippen molar-refractivity contribution in [3.8, 4) is 0 Å². The molecule has 0 bridgehead atoms. The van der Waals surface area contributed by atoms with E-state index < -0.39 is 0 Å². The average Bonchev–Trinajstić information content (AvgIpc) is 2.37. The predicted octanol–water partition coefficient (Wildman–Crippen LogP) is 4.09. The summed E-state index contributed by atoms with van der Waals surface area (Å²) in [7, 11) is 0. The molecule has 1 aromatic rings. The van der Waals surface area contributed by atoms with Gasteiger partial charge < -0.3 is 9.84 Å². The standard InChI is InChI=1S/C17H28O2/c1-6-16(17(4,5)19-12-11-18)15-10-8-7-9-14(15)13(2)3/h7-10,13,16,18H,6,11-12H2,1-5H3. The number of hydrogen-bond donors (Lipinski definition) is 1. The van der Waals surface area contributed by atoms with Crippen molar-refractivity contribution in [2.75, 3.05) is 13.2 Å². The van der Waals surface area contributed by atoms with Gasteiger partial charge in [0.05, 0.1) is 18.8 Å². The number of benzene rings is 1. The zero-order valence-electron chi connectivity index (χ0n) is 12.9. The van der Waals surface area contributed by atoms with Gasteiger partial charge in [0.1, 0.15) is 0 Å². The normalized spacial score (nSPS) is 13.8. The van der Waals surface area contributed by atoms with Crippen molar-refractivity contribution >= 4 is 0 Å². The Labute approximate surface area is 117 Å². The third-order valence-electron chi connectivity index (χ3n) is 3.81. The largest absolute Gasteiger partial charge is 0.394 e. The Morgan fingerprint density at radius 1 is 1.16 bits per heavy atom. The molecule has 0 aromatic heterocycles. The zero-order valence-corrected chi connectivity index (χ0v) is 12.9. The SMILES string of the molecule is CCC(c1ccccc1C(C)C)C(C)(C)OCCO. The molecule has 0 saturated heterocycles. The minimum absolute atomic E-state index is 0.0751. The highest BCUT2D eigenvalue weighted by Crippen LogP contribution is 2.37. The van der Waals surface area contributed by atoms with E-state index in [0.717, 1.165) is 6.42 Å². The fourth-order valence-corrected chi connectivity index (χ4v) is 2.85. The number of aliphatic hydroxyl groups excluding tert-OH is 1. The molecule has 1 rings (SSSR count). The maximum absolute atomic E-state index is 8.97. The Kier molecular flexibility index (Phi) is 6.02. The van der Waals surface area contributed by atoms with Gasteiger partial charge in [-0.1, -0.05) is 45.0 Å². The van der Waals surface area contributed by atoms with Gasteiger partial charge in [-0.15, -0.1) is 0 Å². The third-order valence-corrected chi connectivity index (χ3v) is 3.81. The second kappa shape index (κ2) is 7.06. The maximum atomic E-state index is 8.97. The van der Waals surface area contributed by atoms with Crippen LogP contribution in [-0.2, 0) is 4.74 Å². The van der Waals surface area contributed by atoms with Gasteiger partial charge in [-0.3, -0.25) is 0 Å². The first kappa shape index (κ1) is 16.2. The third kappa shape index (κ3) is 4.05. The van der Waals surface area contributed by atoms with Crippen molar-refractivity contribution in [1.29, 1.82) is 0 Å². The number of ether oxygens (including phenoxy) is 1. The summed E-state index contributed by atoms with van der Waals surface area (Å²) in [6, 6.07) is 8.64. The smallest absolute Gasteiger partial charge is 0.0705 e. The lowest BCUT2D eigenvalue weighted by atomic mass is 9.78. The van der Waals surface area contributed by atoms with Gasteiger partial charge in [-0.05, 0) is 37.3 Å². The molecule has 2 heteroatoms. The van der Waals surface area contributed by atoms with Gasteiger partial charge in [0, 0.05) is 5.92 Å². The van der Waals surface area contributed by atoms with E-state index in [0.29, 0.717) is 18.4 Å². The molecule has 0 aliphatic heterocycles. The molecule has 0 fully saturated rings. The quantitative estimate of drug-likeness (QED) is 0.803. The Morgan fingerprint density at radius 3 is 2.21 bits per heavy atom. The lowest BCUT2D eigenvalue weighted by Crippen LogP contribution is -2.34. The molecule has 108 valence electrons. The van der Waals surface area contributed by atoms with E-state index in [4.69, 9.17) is 9.84 Å². The van der Waals surface area contributed by atoms with Gasteiger partial charge in [0.2, 0.25) is 0 Å². The summed E-state index contributed by atoms with van der Waals surface area (Å²) in [6.45, 7) is 11.4. The van der Waals surface area contributed by atoms with E-state index in [1.54, 1.807) is 0 Å². The molecule has 1 N–H and O–H groups in total. The zero-order chi connectivity index (χ0) is 14.5. The molecule has 0 aliphatic rings. The number of rotatable bonds is 7. The van der Waals surface area contributed by atoms with Crippen LogP contribution >= 0.6 is 0 Å². The number of aliphatic hydroxyl groups is 1. The van der Waals surface area contributed by atoms with Crippen molar-refractivity contribution in [1.82, 2.24) is 0 Å². The average molecular weight is 264 g/mol. The monoisotopic (exact) mass is 264 g/mol. The van der Waals surface area contributed by atoms with Crippen LogP contribution in [0, 0.1) is 0 Å². The van der Waals surface area contributed by atoms with E-state index >= 15 is 0 Å². The van der Waals surface area contributed by atoms with Crippen LogP contribution in [0.5, 0.6) is 0 Å². The molecule has 0 amide bonds. The molecule has 1 atom stereocenters. The molecule has 2 nitrogen and oxygen atoms in total. The summed E-state index contributed by atoms with van der Waals surface area (Å²) < 4.78 is 5.87. The molecule has 0 saturated carbocycles. The van der Waals surface area contributed by atoms with Crippen LogP contribution < -0.4 is 0 Å². The lowest BCUT2D eigenvalue weighted by molar-refractivity contribution is -0.0517. The summed E-state index contributed by atoms with van der Waals surface area (Å²) in [5, 5.41) is 8.97. The van der Waals surface area contributed by atoms with Gasteiger partial charge in [0.25, 0.3) is 0 Å². The fraction of sp³-hybridized carbons (Fsp3) is 0.647. The molecule has 0 radical (unpaired) electrons. The molecular weight excluding hydrogens is 236 g/mol. The van der Waals surface area contributed by atoms with E-state index in [1.807, 2.05) is 0 Å². The van der Waals surface area contributed by atoms with Crippen LogP contribution in [0.15, 0.2) is 24.3 Å². The summed E-state index contributed by atoms with van der Waals surface area (Å²) in [6.07, 6.45) is 1.03. The van der Waals surface area contributed by atoms with Crippen molar-refractivity contribution in [3.63, 3.8) is 0 Å². The second-order valence-electron chi connectivity index (χ2n) is 5.92. The minimum Gasteiger partial charge on any atom is -0.394 e. The fourth-order valence-electron chi connectivity index (χ4n) is 2.85. The van der Waals surface area contributed by atoms with Crippen molar-refractivity contribution in [2.24, 2.45) is 0 Å². The van der Waals surface area contributed by atoms with Crippen LogP contribution in [-0.4, -0.2) is 23.9 Å². The topological polar surface area (TPSA) is 29.5 Å². The molecule has 1 unspecified atom stereocenters. The van der Waals surface area contributed by atoms with Crippen molar-refractivity contribution < 1.29 is 9.84 Å². The Balaban J connectivity index is 3.09. The van der Waals surface area contributed by atoms with Gasteiger partial charge >= 0.3 is 0 Å². The summed E-state index contributed by atoms with van der Waals surface area (Å²) >= 11 is 0. The highest BCUT2D eigenvalue weighted by molar-refractivity contribution is 5.34. The Hall–Kier alpha value is -0.860. The molecule has 19 heavy (non-hydrogen) atoms. The second-order valence-corrected chi connectivity index (χ2v) is 5.92. The molecule has 0 heterocycles. The van der Waals surface area contributed by atoms with Crippen LogP contribution in [0.4, 0.5) is 0 Å². The van der Waals surface area contributed by atoms with Gasteiger partial charge in [-0.2, -0.15) is 0 Å². The molecule has 1 aromatic carbocycles. The molecule has 0 spiro atoms. The highest BCUT2D eigenvalue weighted by Gasteiger charge is 2.31. The minimum atomic E-state index is -0.261. The summed E-state index contributed by atoms with van der Waals surface area (Å²) in [5.74, 6) is 0.858. The summed E-state index contributed by atoms with van der Waals surface area (Å²) in [4.78, 5) is 0. The van der Waals surface area contributed by atoms with E-state index in [9.17, 15) is 0 Å². The van der Waals surface area contributed by atoms with Crippen molar-refractivity contribution in [3.05, 3.63) is 35.4 Å². The first-order chi connectivity index (χ1) is 8.94. The lowest BCUT2D eigenvalue weighted by Gasteiger charge is -2.35. The maximum Gasteiger partial charge on any atom is 0.0705 e. The van der Waals surface area contributed by atoms with E-state index in [2.05, 4.69) is 58.9 Å². The molecular formula is C17H28O2. The van der Waals surface area contributed by atoms with Crippen LogP contribution in [0.25, 0.3) is 0 Å². The summed E-state index contributed by atoms with van der Waals surface area (Å²) in [5.41, 5.74) is 2.51.